The van der Waals surface area contributed by atoms with Crippen LogP contribution < -0.4 is 10.6 Å². The normalized spacial score (nSPS) is 26.2. The number of fused-ring (bicyclic) bond motifs is 1. The topological polar surface area (TPSA) is 41.1 Å². The van der Waals surface area contributed by atoms with Gasteiger partial charge in [-0.2, -0.15) is 0 Å². The fraction of sp³-hybridized carbons (Fsp3) is 0.632. The van der Waals surface area contributed by atoms with Gasteiger partial charge in [-0.25, -0.2) is 0 Å². The highest BCUT2D eigenvalue weighted by atomic mass is 16.1. The third-order valence-electron chi connectivity index (χ3n) is 5.10. The molecule has 3 rings (SSSR count). The van der Waals surface area contributed by atoms with Gasteiger partial charge in [0.25, 0.3) is 0 Å². The number of para-hydroxylation sites is 1. The van der Waals surface area contributed by atoms with Crippen molar-refractivity contribution in [3.8, 4) is 0 Å². The molecule has 1 aliphatic heterocycles. The van der Waals surface area contributed by atoms with Crippen molar-refractivity contribution in [1.82, 2.24) is 5.32 Å². The number of hydrogen-bond acceptors (Lipinski definition) is 2. The molecule has 3 heteroatoms. The predicted octanol–water partition coefficient (Wildman–Crippen LogP) is 4.20. The van der Waals surface area contributed by atoms with Crippen molar-refractivity contribution in [1.29, 1.82) is 0 Å². The quantitative estimate of drug-likeness (QED) is 0.859. The molecule has 0 saturated heterocycles. The average Bonchev–Trinajstić information content (AvgIpc) is 2.48. The molecule has 1 aromatic rings. The van der Waals surface area contributed by atoms with Crippen LogP contribution >= 0.6 is 0 Å². The molecule has 2 unspecified atom stereocenters. The maximum Gasteiger partial charge on any atom is 0.227 e. The molecule has 1 aliphatic carbocycles. The zero-order chi connectivity index (χ0) is 15.4. The van der Waals surface area contributed by atoms with Crippen LogP contribution in [0, 0.1) is 0 Å². The summed E-state index contributed by atoms with van der Waals surface area (Å²) in [6.45, 7) is 2.16. The molecule has 0 aromatic heterocycles. The molecular weight excluding hydrogens is 272 g/mol. The van der Waals surface area contributed by atoms with Gasteiger partial charge in [0.15, 0.2) is 0 Å². The summed E-state index contributed by atoms with van der Waals surface area (Å²) in [4.78, 5) is 12.8. The third kappa shape index (κ3) is 3.63. The van der Waals surface area contributed by atoms with Gasteiger partial charge < -0.3 is 10.6 Å². The van der Waals surface area contributed by atoms with Crippen molar-refractivity contribution in [2.75, 3.05) is 5.32 Å². The lowest BCUT2D eigenvalue weighted by Gasteiger charge is -2.32. The van der Waals surface area contributed by atoms with Crippen LogP contribution in [0.15, 0.2) is 24.3 Å². The fourth-order valence-electron chi connectivity index (χ4n) is 3.89. The van der Waals surface area contributed by atoms with Gasteiger partial charge in [0, 0.05) is 17.8 Å². The summed E-state index contributed by atoms with van der Waals surface area (Å²) in [6, 6.07) is 8.98. The van der Waals surface area contributed by atoms with E-state index < -0.39 is 0 Å². The molecule has 0 spiro atoms. The number of carbonyl (C=O) groups is 1. The Hall–Kier alpha value is -1.51. The van der Waals surface area contributed by atoms with Gasteiger partial charge in [-0.15, -0.1) is 0 Å². The summed E-state index contributed by atoms with van der Waals surface area (Å²) in [5, 5.41) is 6.84. The maximum absolute atomic E-state index is 12.8. The molecule has 2 atom stereocenters. The summed E-state index contributed by atoms with van der Waals surface area (Å²) < 4.78 is 0. The molecule has 0 radical (unpaired) electrons. The van der Waals surface area contributed by atoms with Gasteiger partial charge in [-0.1, -0.05) is 50.3 Å². The van der Waals surface area contributed by atoms with Crippen molar-refractivity contribution in [3.05, 3.63) is 29.8 Å². The minimum Gasteiger partial charge on any atom is -0.382 e. The second kappa shape index (κ2) is 7.17. The predicted molar refractivity (Wildman–Crippen MR) is 91.1 cm³/mol. The molecular formula is C19H28N2O. The molecule has 1 heterocycles. The van der Waals surface area contributed by atoms with Crippen LogP contribution in [-0.2, 0) is 4.79 Å². The summed E-state index contributed by atoms with van der Waals surface area (Å²) in [6.07, 6.45) is 9.69. The number of amides is 1. The van der Waals surface area contributed by atoms with Crippen molar-refractivity contribution >= 4 is 11.6 Å². The van der Waals surface area contributed by atoms with E-state index in [1.165, 1.54) is 32.1 Å². The van der Waals surface area contributed by atoms with E-state index in [1.54, 1.807) is 0 Å². The van der Waals surface area contributed by atoms with E-state index in [9.17, 15) is 4.79 Å². The average molecular weight is 300 g/mol. The number of nitrogens with one attached hydrogen (secondary N) is 2. The van der Waals surface area contributed by atoms with E-state index in [1.807, 2.05) is 12.1 Å². The summed E-state index contributed by atoms with van der Waals surface area (Å²) in [5.41, 5.74) is 2.28. The summed E-state index contributed by atoms with van der Waals surface area (Å²) >= 11 is 0. The van der Waals surface area contributed by atoms with Crippen LogP contribution in [0.1, 0.15) is 69.8 Å². The van der Waals surface area contributed by atoms with Crippen LogP contribution in [0.3, 0.4) is 0 Å². The number of carbonyl (C=O) groups excluding carboxylic acids is 1. The number of benzene rings is 1. The van der Waals surface area contributed by atoms with E-state index in [0.717, 1.165) is 30.5 Å². The summed E-state index contributed by atoms with van der Waals surface area (Å²) in [7, 11) is 0. The maximum atomic E-state index is 12.8. The third-order valence-corrected chi connectivity index (χ3v) is 5.10. The largest absolute Gasteiger partial charge is 0.382 e. The Kier molecular flexibility index (Phi) is 5.01. The first-order valence-corrected chi connectivity index (χ1v) is 8.90. The monoisotopic (exact) mass is 300 g/mol. The molecule has 2 aliphatic rings. The highest BCUT2D eigenvalue weighted by molar-refractivity contribution is 5.86. The molecule has 1 fully saturated rings. The lowest BCUT2D eigenvalue weighted by atomic mass is 9.86. The second-order valence-corrected chi connectivity index (χ2v) is 6.97. The molecule has 1 saturated carbocycles. The van der Waals surface area contributed by atoms with Crippen LogP contribution in [0.5, 0.6) is 0 Å². The van der Waals surface area contributed by atoms with E-state index in [-0.39, 0.29) is 11.8 Å². The first kappa shape index (κ1) is 15.4. The first-order chi connectivity index (χ1) is 10.7. The number of anilines is 1. The highest BCUT2D eigenvalue weighted by Gasteiger charge is 2.30. The van der Waals surface area contributed by atoms with E-state index in [4.69, 9.17) is 0 Å². The van der Waals surface area contributed by atoms with Crippen molar-refractivity contribution < 1.29 is 4.79 Å². The van der Waals surface area contributed by atoms with Crippen molar-refractivity contribution in [2.24, 2.45) is 0 Å². The summed E-state index contributed by atoms with van der Waals surface area (Å²) in [5.74, 6) is 0.226. The minimum absolute atomic E-state index is 0.00195. The SMILES string of the molecule is CC1CC(C(=O)NC2CCCCCCC2)c2ccccc2N1. The Balaban J connectivity index is 1.69. The van der Waals surface area contributed by atoms with Gasteiger partial charge in [-0.3, -0.25) is 4.79 Å². The Labute approximate surface area is 133 Å². The van der Waals surface area contributed by atoms with Crippen molar-refractivity contribution in [2.45, 2.75) is 76.3 Å². The first-order valence-electron chi connectivity index (χ1n) is 8.90. The van der Waals surface area contributed by atoms with Gasteiger partial charge in [0.1, 0.15) is 0 Å². The molecule has 0 bridgehead atoms. The van der Waals surface area contributed by atoms with Crippen LogP contribution in [0.4, 0.5) is 5.69 Å². The van der Waals surface area contributed by atoms with Crippen LogP contribution in [-0.4, -0.2) is 18.0 Å². The standard InChI is InChI=1S/C19H28N2O/c1-14-13-17(16-11-7-8-12-18(16)20-14)19(22)21-15-9-5-3-2-4-6-10-15/h7-8,11-12,14-15,17,20H,2-6,9-10,13H2,1H3,(H,21,22). The highest BCUT2D eigenvalue weighted by Crippen LogP contribution is 2.34. The lowest BCUT2D eigenvalue weighted by Crippen LogP contribution is -2.41. The lowest BCUT2D eigenvalue weighted by molar-refractivity contribution is -0.123. The second-order valence-electron chi connectivity index (χ2n) is 6.97. The number of rotatable bonds is 2. The van der Waals surface area contributed by atoms with Gasteiger partial charge in [-0.05, 0) is 37.8 Å². The van der Waals surface area contributed by atoms with Crippen molar-refractivity contribution in [3.63, 3.8) is 0 Å². The van der Waals surface area contributed by atoms with E-state index in [2.05, 4.69) is 29.7 Å². The number of hydrogen-bond donors (Lipinski definition) is 2. The van der Waals surface area contributed by atoms with Crippen LogP contribution in [0.2, 0.25) is 0 Å². The van der Waals surface area contributed by atoms with Gasteiger partial charge in [0.05, 0.1) is 5.92 Å². The Morgan fingerprint density at radius 3 is 2.55 bits per heavy atom. The smallest absolute Gasteiger partial charge is 0.227 e. The molecule has 1 aromatic carbocycles. The molecule has 120 valence electrons. The van der Waals surface area contributed by atoms with Crippen LogP contribution in [0.25, 0.3) is 0 Å². The molecule has 2 N–H and O–H groups in total. The molecule has 3 nitrogen and oxygen atoms in total. The van der Waals surface area contributed by atoms with Gasteiger partial charge in [0.2, 0.25) is 5.91 Å². The fourth-order valence-corrected chi connectivity index (χ4v) is 3.89. The zero-order valence-electron chi connectivity index (χ0n) is 13.6. The molecule has 1 amide bonds. The van der Waals surface area contributed by atoms with Gasteiger partial charge >= 0.3 is 0 Å². The zero-order valence-corrected chi connectivity index (χ0v) is 13.6. The Morgan fingerprint density at radius 2 is 1.77 bits per heavy atom. The van der Waals surface area contributed by atoms with E-state index in [0.29, 0.717) is 12.1 Å². The molecule has 22 heavy (non-hydrogen) atoms. The minimum atomic E-state index is -0.00195. The Bertz CT molecular complexity index is 506. The van der Waals surface area contributed by atoms with E-state index >= 15 is 0 Å². The Morgan fingerprint density at radius 1 is 1.09 bits per heavy atom.